The van der Waals surface area contributed by atoms with Crippen LogP contribution < -0.4 is 27.0 Å². The minimum absolute atomic E-state index is 0.101. The number of nitrogens with two attached hydrogens (primary N) is 1. The molecular weight excluding hydrogens is 759 g/mol. The first-order chi connectivity index (χ1) is 30.0. The molecule has 0 aliphatic carbocycles. The third-order valence-electron chi connectivity index (χ3n) is 12.2. The van der Waals surface area contributed by atoms with Crippen molar-refractivity contribution in [1.29, 1.82) is 0 Å². The first-order valence-electron chi connectivity index (χ1n) is 26.6. The predicted octanol–water partition coefficient (Wildman–Crippen LogP) is 10.4. The van der Waals surface area contributed by atoms with Gasteiger partial charge in [0.2, 0.25) is 17.7 Å². The highest BCUT2D eigenvalue weighted by Gasteiger charge is 2.12. The van der Waals surface area contributed by atoms with Gasteiger partial charge in [-0.2, -0.15) is 0 Å². The van der Waals surface area contributed by atoms with Crippen molar-refractivity contribution in [3.63, 3.8) is 0 Å². The summed E-state index contributed by atoms with van der Waals surface area (Å²) in [6, 6.07) is 0. The average molecular weight is 864 g/mol. The number of carbonyl (C=O) groups is 3. The van der Waals surface area contributed by atoms with Crippen molar-refractivity contribution in [1.82, 2.24) is 31.1 Å². The Morgan fingerprint density at radius 1 is 0.328 bits per heavy atom. The van der Waals surface area contributed by atoms with Crippen molar-refractivity contribution in [2.45, 2.75) is 233 Å². The summed E-state index contributed by atoms with van der Waals surface area (Å²) in [6.45, 7) is 15.6. The summed E-state index contributed by atoms with van der Waals surface area (Å²) in [4.78, 5) is 42.6. The van der Waals surface area contributed by atoms with E-state index < -0.39 is 0 Å². The molecule has 0 aliphatic heterocycles. The van der Waals surface area contributed by atoms with E-state index in [0.29, 0.717) is 45.4 Å². The maximum atomic E-state index is 12.8. The van der Waals surface area contributed by atoms with Crippen molar-refractivity contribution in [3.8, 4) is 0 Å². The Morgan fingerprint density at radius 3 is 0.836 bits per heavy atom. The van der Waals surface area contributed by atoms with Gasteiger partial charge in [0.25, 0.3) is 0 Å². The molecule has 0 unspecified atom stereocenters. The molecule has 0 aromatic rings. The van der Waals surface area contributed by atoms with Gasteiger partial charge in [0.15, 0.2) is 0 Å². The van der Waals surface area contributed by atoms with E-state index in [9.17, 15) is 14.4 Å². The molecular formula is C51H105N7O3. The Hall–Kier alpha value is -1.75. The molecule has 0 aromatic carbocycles. The number of amides is 3. The van der Waals surface area contributed by atoms with Gasteiger partial charge < -0.3 is 36.8 Å². The SMILES string of the molecule is CCCCCCCCCCCCNC(=O)CCN(CCN)CCNCCN(CCC(=O)NCCCCCCCCCCCC)CCC(=O)NCCCCCCCCCCCC. The first kappa shape index (κ1) is 59.2. The fourth-order valence-corrected chi connectivity index (χ4v) is 8.02. The molecule has 0 rings (SSSR count). The molecule has 10 nitrogen and oxygen atoms in total. The normalized spacial score (nSPS) is 11.5. The van der Waals surface area contributed by atoms with Crippen LogP contribution in [0.5, 0.6) is 0 Å². The monoisotopic (exact) mass is 864 g/mol. The number of unbranched alkanes of at least 4 members (excludes halogenated alkanes) is 27. The van der Waals surface area contributed by atoms with Crippen LogP contribution >= 0.6 is 0 Å². The van der Waals surface area contributed by atoms with Gasteiger partial charge in [0.1, 0.15) is 0 Å². The summed E-state index contributed by atoms with van der Waals surface area (Å²) in [5.41, 5.74) is 5.92. The van der Waals surface area contributed by atoms with Gasteiger partial charge in [-0.25, -0.2) is 0 Å². The summed E-state index contributed by atoms with van der Waals surface area (Å²) >= 11 is 0. The molecule has 3 amide bonds. The lowest BCUT2D eigenvalue weighted by atomic mass is 10.1. The molecule has 0 aliphatic rings. The van der Waals surface area contributed by atoms with Crippen molar-refractivity contribution >= 4 is 17.7 Å². The van der Waals surface area contributed by atoms with Crippen molar-refractivity contribution < 1.29 is 14.4 Å². The third kappa shape index (κ3) is 46.1. The van der Waals surface area contributed by atoms with E-state index in [4.69, 9.17) is 5.73 Å². The maximum Gasteiger partial charge on any atom is 0.221 e. The number of carbonyl (C=O) groups excluding carboxylic acids is 3. The van der Waals surface area contributed by atoms with Crippen LogP contribution in [0.2, 0.25) is 0 Å². The van der Waals surface area contributed by atoms with Gasteiger partial charge in [-0.3, -0.25) is 14.4 Å². The van der Waals surface area contributed by atoms with E-state index in [1.165, 1.54) is 173 Å². The summed E-state index contributed by atoms with van der Waals surface area (Å²) in [7, 11) is 0. The largest absolute Gasteiger partial charge is 0.356 e. The van der Waals surface area contributed by atoms with Crippen molar-refractivity contribution in [2.75, 3.05) is 78.5 Å². The predicted molar refractivity (Wildman–Crippen MR) is 263 cm³/mol. The maximum absolute atomic E-state index is 12.8. The van der Waals surface area contributed by atoms with Gasteiger partial charge >= 0.3 is 0 Å². The minimum Gasteiger partial charge on any atom is -0.356 e. The van der Waals surface area contributed by atoms with E-state index in [0.717, 1.165) is 71.6 Å². The molecule has 0 bridgehead atoms. The topological polar surface area (TPSA) is 132 Å². The molecule has 0 spiro atoms. The molecule has 10 heteroatoms. The summed E-state index contributed by atoms with van der Waals surface area (Å²) in [5.74, 6) is 0.329. The number of hydrogen-bond acceptors (Lipinski definition) is 7. The van der Waals surface area contributed by atoms with Crippen LogP contribution in [0.4, 0.5) is 0 Å². The lowest BCUT2D eigenvalue weighted by Crippen LogP contribution is -2.41. The zero-order valence-electron chi connectivity index (χ0n) is 41.0. The third-order valence-corrected chi connectivity index (χ3v) is 12.2. The van der Waals surface area contributed by atoms with Crippen LogP contribution in [-0.2, 0) is 14.4 Å². The Bertz CT molecular complexity index is 898. The van der Waals surface area contributed by atoms with Crippen LogP contribution in [0.3, 0.4) is 0 Å². The molecule has 0 aromatic heterocycles. The molecule has 0 fully saturated rings. The van der Waals surface area contributed by atoms with Gasteiger partial charge in [0, 0.05) is 97.8 Å². The Balaban J connectivity index is 4.49. The van der Waals surface area contributed by atoms with Crippen LogP contribution in [0.25, 0.3) is 0 Å². The Labute approximate surface area is 379 Å². The highest BCUT2D eigenvalue weighted by molar-refractivity contribution is 5.77. The van der Waals surface area contributed by atoms with E-state index in [1.807, 2.05) is 0 Å². The smallest absolute Gasteiger partial charge is 0.221 e. The van der Waals surface area contributed by atoms with E-state index in [-0.39, 0.29) is 17.7 Å². The van der Waals surface area contributed by atoms with Gasteiger partial charge in [-0.15, -0.1) is 0 Å². The number of rotatable bonds is 50. The fourth-order valence-electron chi connectivity index (χ4n) is 8.02. The van der Waals surface area contributed by atoms with Gasteiger partial charge in [-0.1, -0.05) is 194 Å². The van der Waals surface area contributed by atoms with Crippen LogP contribution in [-0.4, -0.2) is 106 Å². The van der Waals surface area contributed by atoms with Crippen LogP contribution in [0.1, 0.15) is 233 Å². The molecule has 0 saturated heterocycles. The fraction of sp³-hybridized carbons (Fsp3) is 0.941. The summed E-state index contributed by atoms with van der Waals surface area (Å²) < 4.78 is 0. The lowest BCUT2D eigenvalue weighted by molar-refractivity contribution is -0.122. The zero-order valence-corrected chi connectivity index (χ0v) is 41.0. The number of nitrogens with zero attached hydrogens (tertiary/aromatic N) is 2. The highest BCUT2D eigenvalue weighted by atomic mass is 16.2. The van der Waals surface area contributed by atoms with E-state index in [1.54, 1.807) is 0 Å². The van der Waals surface area contributed by atoms with Crippen LogP contribution in [0, 0.1) is 0 Å². The summed E-state index contributed by atoms with van der Waals surface area (Å²) in [6.07, 6.45) is 40.1. The molecule has 61 heavy (non-hydrogen) atoms. The first-order valence-corrected chi connectivity index (χ1v) is 26.6. The molecule has 0 atom stereocenters. The van der Waals surface area contributed by atoms with Crippen LogP contribution in [0.15, 0.2) is 0 Å². The molecule has 0 saturated carbocycles. The molecule has 0 radical (unpaired) electrons. The lowest BCUT2D eigenvalue weighted by Gasteiger charge is -2.24. The van der Waals surface area contributed by atoms with E-state index >= 15 is 0 Å². The summed E-state index contributed by atoms with van der Waals surface area (Å²) in [5, 5.41) is 13.0. The van der Waals surface area contributed by atoms with Gasteiger partial charge in [-0.05, 0) is 19.3 Å². The second-order valence-electron chi connectivity index (χ2n) is 18.1. The Kier molecular flexibility index (Phi) is 47.9. The standard InChI is InChI=1S/C51H105N7O3/c1-4-7-10-13-16-19-22-25-28-31-38-54-49(59)34-43-57(44-35-50(60)55-39-32-29-26-23-20-17-14-11-8-5-2)47-41-53-42-48-58(46-37-52)45-36-51(61)56-40-33-30-27-24-21-18-15-12-9-6-3/h53H,4-48,52H2,1-3H3,(H,54,59)(H,55,60)(H,56,61). The second-order valence-corrected chi connectivity index (χ2v) is 18.1. The van der Waals surface area contributed by atoms with Crippen molar-refractivity contribution in [2.24, 2.45) is 5.73 Å². The zero-order chi connectivity index (χ0) is 44.5. The minimum atomic E-state index is 0.101. The molecule has 0 heterocycles. The highest BCUT2D eigenvalue weighted by Crippen LogP contribution is 2.12. The van der Waals surface area contributed by atoms with Gasteiger partial charge in [0.05, 0.1) is 0 Å². The average Bonchev–Trinajstić information content (AvgIpc) is 3.26. The van der Waals surface area contributed by atoms with E-state index in [2.05, 4.69) is 51.8 Å². The molecule has 362 valence electrons. The van der Waals surface area contributed by atoms with Crippen molar-refractivity contribution in [3.05, 3.63) is 0 Å². The quantitative estimate of drug-likeness (QED) is 0.0385. The second kappa shape index (κ2) is 49.3. The Morgan fingerprint density at radius 2 is 0.574 bits per heavy atom. The molecule has 6 N–H and O–H groups in total. The number of hydrogen-bond donors (Lipinski definition) is 5. The number of nitrogens with one attached hydrogen (secondary N) is 4.